The lowest BCUT2D eigenvalue weighted by molar-refractivity contribution is 0.292. The van der Waals surface area contributed by atoms with E-state index >= 15 is 0 Å². The highest BCUT2D eigenvalue weighted by molar-refractivity contribution is 6.31. The first-order valence-corrected chi connectivity index (χ1v) is 6.44. The van der Waals surface area contributed by atoms with Crippen LogP contribution in [-0.4, -0.2) is 9.97 Å². The SMILES string of the molecule is CC(C)c1nc(N)cc(OCc2ccccc2Cl)n1. The van der Waals surface area contributed by atoms with Gasteiger partial charge < -0.3 is 10.5 Å². The number of hydrogen-bond acceptors (Lipinski definition) is 4. The molecule has 1 aromatic heterocycles. The second-order valence-electron chi connectivity index (χ2n) is 4.52. The van der Waals surface area contributed by atoms with Crippen molar-refractivity contribution in [3.8, 4) is 5.88 Å². The van der Waals surface area contributed by atoms with Gasteiger partial charge in [0, 0.05) is 22.6 Å². The highest BCUT2D eigenvalue weighted by Gasteiger charge is 2.08. The maximum absolute atomic E-state index is 6.07. The molecule has 0 aliphatic rings. The third-order valence-electron chi connectivity index (χ3n) is 2.59. The third-order valence-corrected chi connectivity index (χ3v) is 2.96. The second-order valence-corrected chi connectivity index (χ2v) is 4.93. The molecule has 4 nitrogen and oxygen atoms in total. The molecule has 2 aromatic rings. The van der Waals surface area contributed by atoms with E-state index in [9.17, 15) is 0 Å². The van der Waals surface area contributed by atoms with Gasteiger partial charge in [-0.3, -0.25) is 0 Å². The Hall–Kier alpha value is -1.81. The van der Waals surface area contributed by atoms with Gasteiger partial charge in [0.2, 0.25) is 5.88 Å². The molecule has 100 valence electrons. The monoisotopic (exact) mass is 277 g/mol. The molecule has 0 aliphatic carbocycles. The Labute approximate surface area is 117 Å². The number of benzene rings is 1. The van der Waals surface area contributed by atoms with Gasteiger partial charge in [-0.25, -0.2) is 4.98 Å². The Morgan fingerprint density at radius 3 is 2.68 bits per heavy atom. The van der Waals surface area contributed by atoms with Crippen molar-refractivity contribution in [3.63, 3.8) is 0 Å². The maximum Gasteiger partial charge on any atom is 0.219 e. The van der Waals surface area contributed by atoms with E-state index in [0.717, 1.165) is 5.56 Å². The van der Waals surface area contributed by atoms with Crippen molar-refractivity contribution in [1.29, 1.82) is 0 Å². The zero-order valence-electron chi connectivity index (χ0n) is 10.9. The van der Waals surface area contributed by atoms with E-state index in [-0.39, 0.29) is 5.92 Å². The van der Waals surface area contributed by atoms with Crippen LogP contribution in [0.4, 0.5) is 5.82 Å². The molecule has 19 heavy (non-hydrogen) atoms. The van der Waals surface area contributed by atoms with Crippen LogP contribution in [-0.2, 0) is 6.61 Å². The average Bonchev–Trinajstić information content (AvgIpc) is 2.37. The van der Waals surface area contributed by atoms with Gasteiger partial charge in [0.1, 0.15) is 18.2 Å². The van der Waals surface area contributed by atoms with Gasteiger partial charge in [0.25, 0.3) is 0 Å². The summed E-state index contributed by atoms with van der Waals surface area (Å²) in [6, 6.07) is 9.15. The van der Waals surface area contributed by atoms with Gasteiger partial charge in [0.05, 0.1) is 0 Å². The largest absolute Gasteiger partial charge is 0.473 e. The van der Waals surface area contributed by atoms with Gasteiger partial charge in [0.15, 0.2) is 0 Å². The Kier molecular flexibility index (Phi) is 4.22. The molecule has 0 saturated heterocycles. The van der Waals surface area contributed by atoms with E-state index in [1.165, 1.54) is 0 Å². The molecular weight excluding hydrogens is 262 g/mol. The van der Waals surface area contributed by atoms with Crippen LogP contribution >= 0.6 is 11.6 Å². The number of rotatable bonds is 4. The van der Waals surface area contributed by atoms with Crippen molar-refractivity contribution in [2.75, 3.05) is 5.73 Å². The average molecular weight is 278 g/mol. The highest BCUT2D eigenvalue weighted by atomic mass is 35.5. The molecule has 5 heteroatoms. The minimum atomic E-state index is 0.200. The summed E-state index contributed by atoms with van der Waals surface area (Å²) in [6.07, 6.45) is 0. The number of aromatic nitrogens is 2. The summed E-state index contributed by atoms with van der Waals surface area (Å²) in [6.45, 7) is 4.37. The molecule has 0 amide bonds. The van der Waals surface area contributed by atoms with E-state index in [0.29, 0.717) is 29.2 Å². The fraction of sp³-hybridized carbons (Fsp3) is 0.286. The van der Waals surface area contributed by atoms with Gasteiger partial charge in [-0.2, -0.15) is 4.98 Å². The number of nitrogen functional groups attached to an aromatic ring is 1. The Balaban J connectivity index is 2.14. The normalized spacial score (nSPS) is 10.7. The zero-order valence-corrected chi connectivity index (χ0v) is 11.7. The second kappa shape index (κ2) is 5.89. The van der Waals surface area contributed by atoms with Gasteiger partial charge in [-0.1, -0.05) is 43.6 Å². The Morgan fingerprint density at radius 2 is 2.00 bits per heavy atom. The van der Waals surface area contributed by atoms with Crippen LogP contribution < -0.4 is 10.5 Å². The number of nitrogens with zero attached hydrogens (tertiary/aromatic N) is 2. The van der Waals surface area contributed by atoms with Crippen molar-refractivity contribution in [2.24, 2.45) is 0 Å². The molecule has 0 spiro atoms. The summed E-state index contributed by atoms with van der Waals surface area (Å²) in [7, 11) is 0. The predicted molar refractivity (Wildman–Crippen MR) is 76.3 cm³/mol. The van der Waals surface area contributed by atoms with Gasteiger partial charge >= 0.3 is 0 Å². The van der Waals surface area contributed by atoms with Gasteiger partial charge in [-0.15, -0.1) is 0 Å². The van der Waals surface area contributed by atoms with Gasteiger partial charge in [-0.05, 0) is 6.07 Å². The first-order chi connectivity index (χ1) is 9.06. The van der Waals surface area contributed by atoms with Crippen molar-refractivity contribution < 1.29 is 4.74 Å². The molecule has 0 bridgehead atoms. The highest BCUT2D eigenvalue weighted by Crippen LogP contribution is 2.20. The summed E-state index contributed by atoms with van der Waals surface area (Å²) >= 11 is 6.07. The molecule has 0 radical (unpaired) electrons. The van der Waals surface area contributed by atoms with E-state index in [2.05, 4.69) is 9.97 Å². The first-order valence-electron chi connectivity index (χ1n) is 6.07. The number of ether oxygens (including phenoxy) is 1. The van der Waals surface area contributed by atoms with Crippen molar-refractivity contribution >= 4 is 17.4 Å². The Bertz CT molecular complexity index is 572. The minimum Gasteiger partial charge on any atom is -0.473 e. The molecule has 2 N–H and O–H groups in total. The summed E-state index contributed by atoms with van der Waals surface area (Å²) in [5.74, 6) is 1.75. The molecule has 0 aliphatic heterocycles. The Morgan fingerprint density at radius 1 is 1.26 bits per heavy atom. The summed E-state index contributed by atoms with van der Waals surface area (Å²) in [4.78, 5) is 8.49. The topological polar surface area (TPSA) is 61.0 Å². The molecule has 0 saturated carbocycles. The summed E-state index contributed by atoms with van der Waals surface area (Å²) in [5, 5.41) is 0.675. The molecule has 1 aromatic carbocycles. The van der Waals surface area contributed by atoms with E-state index in [1.54, 1.807) is 6.07 Å². The third kappa shape index (κ3) is 3.58. The smallest absolute Gasteiger partial charge is 0.219 e. The molecule has 0 fully saturated rings. The number of anilines is 1. The molecule has 0 unspecified atom stereocenters. The fourth-order valence-electron chi connectivity index (χ4n) is 1.56. The standard InChI is InChI=1S/C14H16ClN3O/c1-9(2)14-17-12(16)7-13(18-14)19-8-10-5-3-4-6-11(10)15/h3-7,9H,8H2,1-2H3,(H2,16,17,18). The van der Waals surface area contributed by atoms with Crippen LogP contribution in [0.1, 0.15) is 31.2 Å². The van der Waals surface area contributed by atoms with Crippen LogP contribution in [0.5, 0.6) is 5.88 Å². The van der Waals surface area contributed by atoms with Crippen LogP contribution in [0.2, 0.25) is 5.02 Å². The summed E-state index contributed by atoms with van der Waals surface area (Å²) < 4.78 is 5.63. The van der Waals surface area contributed by atoms with Crippen molar-refractivity contribution in [3.05, 3.63) is 46.7 Å². The summed E-state index contributed by atoms with van der Waals surface area (Å²) in [5.41, 5.74) is 6.65. The van der Waals surface area contributed by atoms with Crippen LogP contribution in [0.3, 0.4) is 0 Å². The predicted octanol–water partition coefficient (Wildman–Crippen LogP) is 3.41. The molecule has 1 heterocycles. The first kappa shape index (κ1) is 13.6. The molecule has 0 atom stereocenters. The van der Waals surface area contributed by atoms with E-state index in [4.69, 9.17) is 22.1 Å². The maximum atomic E-state index is 6.07. The molecule has 2 rings (SSSR count). The quantitative estimate of drug-likeness (QED) is 0.930. The van der Waals surface area contributed by atoms with Crippen molar-refractivity contribution in [1.82, 2.24) is 9.97 Å². The number of nitrogens with two attached hydrogens (primary N) is 1. The number of hydrogen-bond donors (Lipinski definition) is 1. The number of halogens is 1. The van der Waals surface area contributed by atoms with Crippen LogP contribution in [0.25, 0.3) is 0 Å². The van der Waals surface area contributed by atoms with Crippen molar-refractivity contribution in [2.45, 2.75) is 26.4 Å². The lowest BCUT2D eigenvalue weighted by Gasteiger charge is -2.10. The van der Waals surface area contributed by atoms with Crippen LogP contribution in [0, 0.1) is 0 Å². The van der Waals surface area contributed by atoms with E-state index < -0.39 is 0 Å². The van der Waals surface area contributed by atoms with E-state index in [1.807, 2.05) is 38.1 Å². The lowest BCUT2D eigenvalue weighted by Crippen LogP contribution is -2.05. The minimum absolute atomic E-state index is 0.200. The lowest BCUT2D eigenvalue weighted by atomic mass is 10.2. The molecular formula is C14H16ClN3O. The zero-order chi connectivity index (χ0) is 13.8. The fourth-order valence-corrected chi connectivity index (χ4v) is 1.75. The van der Waals surface area contributed by atoms with Crippen LogP contribution in [0.15, 0.2) is 30.3 Å².